The predicted molar refractivity (Wildman–Crippen MR) is 64.0 cm³/mol. The molecule has 1 saturated heterocycles. The van der Waals surface area contributed by atoms with Gasteiger partial charge in [0.1, 0.15) is 0 Å². The fourth-order valence-corrected chi connectivity index (χ4v) is 4.33. The molecule has 1 aliphatic carbocycles. The Morgan fingerprint density at radius 1 is 1.43 bits per heavy atom. The van der Waals surface area contributed by atoms with E-state index in [-0.39, 0.29) is 0 Å². The van der Waals surface area contributed by atoms with Crippen LogP contribution in [-0.4, -0.2) is 12.6 Å². The number of hydrogen-bond acceptors (Lipinski definition) is 2. The zero-order valence-corrected chi connectivity index (χ0v) is 10.5. The van der Waals surface area contributed by atoms with Gasteiger partial charge in [-0.2, -0.15) is 0 Å². The number of thiophene rings is 1. The molecule has 1 saturated carbocycles. The lowest BCUT2D eigenvalue weighted by Gasteiger charge is -2.21. The number of nitrogens with one attached hydrogen (secondary N) is 1. The minimum Gasteiger partial charge on any atom is -0.313 e. The van der Waals surface area contributed by atoms with E-state index in [4.69, 9.17) is 0 Å². The van der Waals surface area contributed by atoms with Gasteiger partial charge >= 0.3 is 0 Å². The molecule has 2 aliphatic rings. The molecule has 3 rings (SSSR count). The Bertz CT molecular complexity index is 337. The lowest BCUT2D eigenvalue weighted by atomic mass is 9.93. The normalized spacial score (nSPS) is 29.4. The van der Waals surface area contributed by atoms with Crippen LogP contribution in [0.15, 0.2) is 15.9 Å². The van der Waals surface area contributed by atoms with Gasteiger partial charge in [0.05, 0.1) is 3.79 Å². The van der Waals surface area contributed by atoms with E-state index in [0.717, 1.165) is 6.04 Å². The molecule has 1 aromatic rings. The maximum absolute atomic E-state index is 3.66. The third-order valence-corrected chi connectivity index (χ3v) is 5.42. The second-order valence-corrected chi connectivity index (χ2v) is 6.87. The van der Waals surface area contributed by atoms with Gasteiger partial charge in [-0.1, -0.05) is 0 Å². The van der Waals surface area contributed by atoms with Crippen LogP contribution >= 0.6 is 27.3 Å². The van der Waals surface area contributed by atoms with E-state index in [1.54, 1.807) is 4.88 Å². The van der Waals surface area contributed by atoms with E-state index < -0.39 is 0 Å². The number of rotatable bonds is 2. The summed E-state index contributed by atoms with van der Waals surface area (Å²) >= 11 is 5.48. The molecule has 0 bridgehead atoms. The Balaban J connectivity index is 1.89. The molecule has 0 amide bonds. The van der Waals surface area contributed by atoms with Gasteiger partial charge < -0.3 is 5.32 Å². The highest BCUT2D eigenvalue weighted by molar-refractivity contribution is 9.11. The maximum Gasteiger partial charge on any atom is 0.0701 e. The maximum atomic E-state index is 3.66. The molecule has 3 heteroatoms. The summed E-state index contributed by atoms with van der Waals surface area (Å²) in [6, 6.07) is 5.25. The second-order valence-electron chi connectivity index (χ2n) is 4.41. The van der Waals surface area contributed by atoms with Crippen molar-refractivity contribution in [3.63, 3.8) is 0 Å². The van der Waals surface area contributed by atoms with E-state index >= 15 is 0 Å². The van der Waals surface area contributed by atoms with Crippen LogP contribution < -0.4 is 5.32 Å². The van der Waals surface area contributed by atoms with E-state index in [0.29, 0.717) is 5.41 Å². The first kappa shape index (κ1) is 9.37. The van der Waals surface area contributed by atoms with Crippen molar-refractivity contribution in [3.8, 4) is 0 Å². The first-order valence-corrected chi connectivity index (χ1v) is 6.91. The first-order chi connectivity index (χ1) is 6.81. The highest BCUT2D eigenvalue weighted by Crippen LogP contribution is 2.55. The Morgan fingerprint density at radius 3 is 2.79 bits per heavy atom. The fraction of sp³-hybridized carbons (Fsp3) is 0.636. The van der Waals surface area contributed by atoms with Crippen molar-refractivity contribution < 1.29 is 0 Å². The average Bonchev–Trinajstić information content (AvgIpc) is 2.68. The molecule has 2 heterocycles. The summed E-state index contributed by atoms with van der Waals surface area (Å²) in [6.45, 7) is 1.22. The zero-order chi connectivity index (χ0) is 9.60. The Kier molecular flexibility index (Phi) is 2.22. The number of hydrogen-bond donors (Lipinski definition) is 1. The van der Waals surface area contributed by atoms with E-state index in [2.05, 4.69) is 33.4 Å². The molecule has 1 nitrogen and oxygen atoms in total. The topological polar surface area (TPSA) is 12.0 Å². The van der Waals surface area contributed by atoms with Crippen molar-refractivity contribution in [1.29, 1.82) is 0 Å². The minimum absolute atomic E-state index is 0.521. The van der Waals surface area contributed by atoms with Gasteiger partial charge in [-0.3, -0.25) is 0 Å². The van der Waals surface area contributed by atoms with Crippen LogP contribution in [0.2, 0.25) is 0 Å². The fourth-order valence-electron chi connectivity index (χ4n) is 2.64. The average molecular weight is 272 g/mol. The molecule has 76 valence electrons. The molecule has 1 unspecified atom stereocenters. The van der Waals surface area contributed by atoms with Crippen molar-refractivity contribution in [2.75, 3.05) is 6.54 Å². The molecule has 14 heavy (non-hydrogen) atoms. The van der Waals surface area contributed by atoms with Gasteiger partial charge in [-0.05, 0) is 60.3 Å². The predicted octanol–water partition coefficient (Wildman–Crippen LogP) is 3.29. The third kappa shape index (κ3) is 1.37. The van der Waals surface area contributed by atoms with Crippen molar-refractivity contribution in [2.45, 2.75) is 37.1 Å². The van der Waals surface area contributed by atoms with Gasteiger partial charge in [0, 0.05) is 16.3 Å². The summed E-state index contributed by atoms with van der Waals surface area (Å²) in [4.78, 5) is 1.59. The zero-order valence-electron chi connectivity index (χ0n) is 8.05. The van der Waals surface area contributed by atoms with Crippen LogP contribution in [0.4, 0.5) is 0 Å². The van der Waals surface area contributed by atoms with Crippen LogP contribution in [0, 0.1) is 0 Å². The molecule has 1 aliphatic heterocycles. The van der Waals surface area contributed by atoms with Crippen molar-refractivity contribution in [2.24, 2.45) is 0 Å². The molecule has 2 fully saturated rings. The van der Waals surface area contributed by atoms with Gasteiger partial charge in [-0.15, -0.1) is 11.3 Å². The third-order valence-electron chi connectivity index (χ3n) is 3.58. The molecule has 1 N–H and O–H groups in total. The van der Waals surface area contributed by atoms with Gasteiger partial charge in [0.2, 0.25) is 0 Å². The lowest BCUT2D eigenvalue weighted by molar-refractivity contribution is 0.479. The van der Waals surface area contributed by atoms with Crippen molar-refractivity contribution in [1.82, 2.24) is 5.32 Å². The van der Waals surface area contributed by atoms with E-state index in [1.165, 1.54) is 36.0 Å². The first-order valence-electron chi connectivity index (χ1n) is 5.30. The summed E-state index contributed by atoms with van der Waals surface area (Å²) in [7, 11) is 0. The summed E-state index contributed by atoms with van der Waals surface area (Å²) in [6.07, 6.45) is 5.50. The molecule has 0 radical (unpaired) electrons. The highest BCUT2D eigenvalue weighted by Gasteiger charge is 2.52. The van der Waals surface area contributed by atoms with Gasteiger partial charge in [0.15, 0.2) is 0 Å². The van der Waals surface area contributed by atoms with Crippen molar-refractivity contribution in [3.05, 3.63) is 20.8 Å². The molecule has 1 atom stereocenters. The summed E-state index contributed by atoms with van der Waals surface area (Å²) < 4.78 is 1.27. The monoisotopic (exact) mass is 271 g/mol. The van der Waals surface area contributed by atoms with Gasteiger partial charge in [-0.25, -0.2) is 0 Å². The molecule has 1 aromatic heterocycles. The Morgan fingerprint density at radius 2 is 2.29 bits per heavy atom. The SMILES string of the molecule is Brc1ccc(C2(C3CCCN3)CC2)s1. The molecular formula is C11H14BrNS. The largest absolute Gasteiger partial charge is 0.313 e. The summed E-state index contributed by atoms with van der Waals surface area (Å²) in [5, 5.41) is 3.66. The molecule has 0 spiro atoms. The second kappa shape index (κ2) is 3.32. The van der Waals surface area contributed by atoms with Crippen LogP contribution in [-0.2, 0) is 5.41 Å². The summed E-state index contributed by atoms with van der Waals surface area (Å²) in [5.41, 5.74) is 0.521. The smallest absolute Gasteiger partial charge is 0.0701 e. The minimum atomic E-state index is 0.521. The molecule has 0 aromatic carbocycles. The lowest BCUT2D eigenvalue weighted by Crippen LogP contribution is -2.34. The van der Waals surface area contributed by atoms with Crippen LogP contribution in [0.3, 0.4) is 0 Å². The van der Waals surface area contributed by atoms with Crippen molar-refractivity contribution >= 4 is 27.3 Å². The van der Waals surface area contributed by atoms with Crippen LogP contribution in [0.25, 0.3) is 0 Å². The van der Waals surface area contributed by atoms with Gasteiger partial charge in [0.25, 0.3) is 0 Å². The number of halogens is 1. The quantitative estimate of drug-likeness (QED) is 0.871. The highest BCUT2D eigenvalue weighted by atomic mass is 79.9. The molecular weight excluding hydrogens is 258 g/mol. The van der Waals surface area contributed by atoms with Crippen LogP contribution in [0.5, 0.6) is 0 Å². The Labute approximate surface area is 97.0 Å². The van der Waals surface area contributed by atoms with E-state index in [1.807, 2.05) is 11.3 Å². The van der Waals surface area contributed by atoms with E-state index in [9.17, 15) is 0 Å². The van der Waals surface area contributed by atoms with Crippen LogP contribution in [0.1, 0.15) is 30.6 Å². The Hall–Kier alpha value is 0.140. The standard InChI is InChI=1S/C11H14BrNS/c12-10-4-3-9(14-10)11(5-6-11)8-2-1-7-13-8/h3-4,8,13H,1-2,5-7H2. The summed E-state index contributed by atoms with van der Waals surface area (Å²) in [5.74, 6) is 0.